The van der Waals surface area contributed by atoms with Gasteiger partial charge in [0, 0.05) is 19.3 Å². The van der Waals surface area contributed by atoms with E-state index in [1.807, 2.05) is 6.92 Å². The van der Waals surface area contributed by atoms with Crippen molar-refractivity contribution in [2.24, 2.45) is 0 Å². The molecule has 0 aromatic carbocycles. The molecule has 3 nitrogen and oxygen atoms in total. The molecule has 0 rings (SSSR count). The van der Waals surface area contributed by atoms with Crippen molar-refractivity contribution >= 4 is 5.97 Å². The molecule has 0 atom stereocenters. The van der Waals surface area contributed by atoms with Crippen molar-refractivity contribution in [3.63, 3.8) is 0 Å². The lowest BCUT2D eigenvalue weighted by Crippen LogP contribution is -1.90. The number of unbranched alkanes of at least 4 members (excludes halogenated alkanes) is 2. The molecule has 0 unspecified atom stereocenters. The van der Waals surface area contributed by atoms with Crippen LogP contribution in [0.25, 0.3) is 0 Å². The van der Waals surface area contributed by atoms with E-state index in [1.54, 1.807) is 6.08 Å². The second-order valence-electron chi connectivity index (χ2n) is 5.96. The van der Waals surface area contributed by atoms with E-state index in [1.165, 1.54) is 6.08 Å². The SMILES string of the molecule is CCOCCC=CCC=CCC=CCC=CCC=CCCCC=CC(=O)O. The normalized spacial score (nSPS) is 12.9. The molecule has 27 heavy (non-hydrogen) atoms. The third kappa shape index (κ3) is 23.9. The second kappa shape index (κ2) is 21.9. The first-order valence-corrected chi connectivity index (χ1v) is 9.99. The number of carboxylic acid groups (broad SMARTS) is 1. The van der Waals surface area contributed by atoms with E-state index in [9.17, 15) is 4.79 Å². The smallest absolute Gasteiger partial charge is 0.327 e. The van der Waals surface area contributed by atoms with Crippen molar-refractivity contribution < 1.29 is 14.6 Å². The Balaban J connectivity index is 3.48. The number of allylic oxidation sites excluding steroid dienone is 10. The highest BCUT2D eigenvalue weighted by Gasteiger charge is 1.85. The van der Waals surface area contributed by atoms with Crippen molar-refractivity contribution in [3.8, 4) is 0 Å². The van der Waals surface area contributed by atoms with Gasteiger partial charge in [-0.3, -0.25) is 0 Å². The van der Waals surface area contributed by atoms with Gasteiger partial charge in [0.1, 0.15) is 0 Å². The average Bonchev–Trinajstić information content (AvgIpc) is 2.65. The second-order valence-corrected chi connectivity index (χ2v) is 5.96. The van der Waals surface area contributed by atoms with E-state index in [4.69, 9.17) is 9.84 Å². The molecule has 3 heteroatoms. The summed E-state index contributed by atoms with van der Waals surface area (Å²) < 4.78 is 5.27. The van der Waals surface area contributed by atoms with Crippen LogP contribution in [0.4, 0.5) is 0 Å². The molecule has 150 valence electrons. The maximum atomic E-state index is 10.3. The predicted molar refractivity (Wildman–Crippen MR) is 116 cm³/mol. The third-order valence-corrected chi connectivity index (χ3v) is 3.56. The fourth-order valence-electron chi connectivity index (χ4n) is 2.15. The number of ether oxygens (including phenoxy) is 1. The van der Waals surface area contributed by atoms with Crippen LogP contribution < -0.4 is 0 Å². The Morgan fingerprint density at radius 2 is 1.15 bits per heavy atom. The summed E-state index contributed by atoms with van der Waals surface area (Å²) in [6.45, 7) is 3.62. The Morgan fingerprint density at radius 3 is 1.63 bits per heavy atom. The highest BCUT2D eigenvalue weighted by atomic mass is 16.5. The third-order valence-electron chi connectivity index (χ3n) is 3.56. The molecule has 0 aromatic heterocycles. The molecule has 0 heterocycles. The van der Waals surface area contributed by atoms with Gasteiger partial charge in [0.15, 0.2) is 0 Å². The van der Waals surface area contributed by atoms with Crippen LogP contribution in [-0.2, 0) is 9.53 Å². The fraction of sp³-hybridized carbons (Fsp3) is 0.458. The predicted octanol–water partition coefficient (Wildman–Crippen LogP) is 6.57. The Kier molecular flexibility index (Phi) is 20.2. The molecule has 1 N–H and O–H groups in total. The zero-order chi connectivity index (χ0) is 19.8. The first-order valence-electron chi connectivity index (χ1n) is 9.99. The summed E-state index contributed by atoms with van der Waals surface area (Å²) in [4.78, 5) is 10.3. The van der Waals surface area contributed by atoms with Gasteiger partial charge in [0.25, 0.3) is 0 Å². The van der Waals surface area contributed by atoms with Crippen LogP contribution in [-0.4, -0.2) is 24.3 Å². The van der Waals surface area contributed by atoms with Crippen LogP contribution in [0.2, 0.25) is 0 Å². The van der Waals surface area contributed by atoms with Crippen molar-refractivity contribution in [1.82, 2.24) is 0 Å². The first-order chi connectivity index (χ1) is 13.3. The number of aliphatic carboxylic acids is 1. The number of hydrogen-bond donors (Lipinski definition) is 1. The average molecular weight is 373 g/mol. The minimum Gasteiger partial charge on any atom is -0.478 e. The van der Waals surface area contributed by atoms with E-state index in [0.717, 1.165) is 64.6 Å². The van der Waals surface area contributed by atoms with Gasteiger partial charge in [0.2, 0.25) is 0 Å². The summed E-state index contributed by atoms with van der Waals surface area (Å²) in [5.41, 5.74) is 0. The molecule has 0 radical (unpaired) electrons. The van der Waals surface area contributed by atoms with Gasteiger partial charge >= 0.3 is 5.97 Å². The molecule has 0 aliphatic carbocycles. The molecule has 0 aliphatic rings. The van der Waals surface area contributed by atoms with E-state index in [2.05, 4.69) is 60.8 Å². The molecular weight excluding hydrogens is 336 g/mol. The number of hydrogen-bond acceptors (Lipinski definition) is 2. The quantitative estimate of drug-likeness (QED) is 0.178. The monoisotopic (exact) mass is 372 g/mol. The van der Waals surface area contributed by atoms with Crippen molar-refractivity contribution in [2.75, 3.05) is 13.2 Å². The largest absolute Gasteiger partial charge is 0.478 e. The van der Waals surface area contributed by atoms with Crippen LogP contribution in [0.3, 0.4) is 0 Å². The van der Waals surface area contributed by atoms with E-state index in [-0.39, 0.29) is 0 Å². The van der Waals surface area contributed by atoms with Gasteiger partial charge in [-0.25, -0.2) is 4.79 Å². The maximum absolute atomic E-state index is 10.3. The van der Waals surface area contributed by atoms with Gasteiger partial charge in [-0.15, -0.1) is 0 Å². The van der Waals surface area contributed by atoms with Crippen LogP contribution >= 0.6 is 0 Å². The van der Waals surface area contributed by atoms with Crippen molar-refractivity contribution in [1.29, 1.82) is 0 Å². The molecular formula is C24H36O3. The zero-order valence-electron chi connectivity index (χ0n) is 16.8. The number of rotatable bonds is 17. The lowest BCUT2D eigenvalue weighted by atomic mass is 10.2. The molecule has 0 aliphatic heterocycles. The summed E-state index contributed by atoms with van der Waals surface area (Å²) in [6, 6.07) is 0. The highest BCUT2D eigenvalue weighted by Crippen LogP contribution is 2.00. The first kappa shape index (κ1) is 24.9. The minimum atomic E-state index is -0.873. The molecule has 0 saturated heterocycles. The van der Waals surface area contributed by atoms with Gasteiger partial charge < -0.3 is 9.84 Å². The standard InChI is InChI=1S/C24H36O3/c1-2-27-23-21-19-17-15-13-11-9-7-5-3-4-6-8-10-12-14-16-18-20-22-24(25)26/h4-7,10-13,17,19-20,22H,2-3,8-9,14-16,18,21,23H2,1H3,(H,25,26). The lowest BCUT2D eigenvalue weighted by Gasteiger charge is -1.94. The Hall–Kier alpha value is -2.13. The Morgan fingerprint density at radius 1 is 0.704 bits per heavy atom. The maximum Gasteiger partial charge on any atom is 0.327 e. The van der Waals surface area contributed by atoms with Gasteiger partial charge in [-0.2, -0.15) is 0 Å². The molecule has 0 saturated carbocycles. The van der Waals surface area contributed by atoms with Crippen LogP contribution in [0.1, 0.15) is 58.3 Å². The summed E-state index contributed by atoms with van der Waals surface area (Å²) in [5.74, 6) is -0.873. The fourth-order valence-corrected chi connectivity index (χ4v) is 2.15. The summed E-state index contributed by atoms with van der Waals surface area (Å²) in [6.07, 6.45) is 32.4. The van der Waals surface area contributed by atoms with Crippen molar-refractivity contribution in [2.45, 2.75) is 58.3 Å². The van der Waals surface area contributed by atoms with E-state index in [0.29, 0.717) is 0 Å². The highest BCUT2D eigenvalue weighted by molar-refractivity contribution is 5.79. The minimum absolute atomic E-state index is 0.793. The van der Waals surface area contributed by atoms with Gasteiger partial charge in [-0.1, -0.05) is 66.8 Å². The van der Waals surface area contributed by atoms with Crippen LogP contribution in [0, 0.1) is 0 Å². The van der Waals surface area contributed by atoms with E-state index < -0.39 is 5.97 Å². The topological polar surface area (TPSA) is 46.5 Å². The lowest BCUT2D eigenvalue weighted by molar-refractivity contribution is -0.131. The molecule has 0 bridgehead atoms. The summed E-state index contributed by atoms with van der Waals surface area (Å²) >= 11 is 0. The van der Waals surface area contributed by atoms with Crippen molar-refractivity contribution in [3.05, 3.63) is 72.9 Å². The van der Waals surface area contributed by atoms with Gasteiger partial charge in [0.05, 0.1) is 0 Å². The number of carboxylic acids is 1. The van der Waals surface area contributed by atoms with Gasteiger partial charge in [-0.05, 0) is 58.3 Å². The van der Waals surface area contributed by atoms with Crippen LogP contribution in [0.5, 0.6) is 0 Å². The number of carbonyl (C=O) groups is 1. The molecule has 0 amide bonds. The molecule has 0 spiro atoms. The summed E-state index contributed by atoms with van der Waals surface area (Å²) in [7, 11) is 0. The molecule has 0 aromatic rings. The zero-order valence-corrected chi connectivity index (χ0v) is 16.8. The Bertz CT molecular complexity index is 508. The van der Waals surface area contributed by atoms with Crippen LogP contribution in [0.15, 0.2) is 72.9 Å². The Labute approximate surface area is 165 Å². The summed E-state index contributed by atoms with van der Waals surface area (Å²) in [5, 5.41) is 8.46. The van der Waals surface area contributed by atoms with E-state index >= 15 is 0 Å². The molecule has 0 fully saturated rings.